The highest BCUT2D eigenvalue weighted by Crippen LogP contribution is 2.30. The maximum atomic E-state index is 14.4. The molecule has 0 heterocycles. The van der Waals surface area contributed by atoms with E-state index in [0.717, 1.165) is 42.4 Å². The molecule has 0 aliphatic carbocycles. The summed E-state index contributed by atoms with van der Waals surface area (Å²) in [6.07, 6.45) is 5.25. The zero-order valence-electron chi connectivity index (χ0n) is 26.0. The number of ether oxygens (including phenoxy) is 1. The lowest BCUT2D eigenvalue weighted by Crippen LogP contribution is -2.56. The van der Waals surface area contributed by atoms with Crippen molar-refractivity contribution >= 4 is 29.7 Å². The molecule has 8 heteroatoms. The van der Waals surface area contributed by atoms with Crippen LogP contribution in [0, 0.1) is 19.8 Å². The number of unbranched alkanes of at least 4 members (excludes halogenated alkanes) is 1. The summed E-state index contributed by atoms with van der Waals surface area (Å²) in [5.74, 6) is 0.677. The summed E-state index contributed by atoms with van der Waals surface area (Å²) in [5.41, 5.74) is 2.09. The van der Waals surface area contributed by atoms with Gasteiger partial charge in [-0.05, 0) is 96.3 Å². The van der Waals surface area contributed by atoms with Crippen LogP contribution in [0.25, 0.3) is 0 Å². The van der Waals surface area contributed by atoms with Crippen LogP contribution in [0.5, 0.6) is 0 Å². The standard InChI is InChI=1S/C31H53N3O4S/c1-11-12-18-32-28(35)27(25-20-22(4)14-15-23(25)5)34(24(6)16-13-21(2)3)29(36)26(17-19-39-10)33-30(37)38-31(7,8)9/h14-15,20-21,24,26-27H,11-13,16-19H2,1-10H3,(H,32,35)(H,33,37). The van der Waals surface area contributed by atoms with Gasteiger partial charge in [-0.25, -0.2) is 4.79 Å². The van der Waals surface area contributed by atoms with Crippen molar-refractivity contribution in [1.29, 1.82) is 0 Å². The van der Waals surface area contributed by atoms with Crippen LogP contribution in [0.4, 0.5) is 4.79 Å². The molecule has 1 rings (SSSR count). The molecule has 3 atom stereocenters. The van der Waals surface area contributed by atoms with Crippen molar-refractivity contribution in [3.05, 3.63) is 34.9 Å². The summed E-state index contributed by atoms with van der Waals surface area (Å²) in [4.78, 5) is 42.9. The van der Waals surface area contributed by atoms with Gasteiger partial charge in [0.25, 0.3) is 0 Å². The van der Waals surface area contributed by atoms with E-state index in [-0.39, 0.29) is 17.9 Å². The van der Waals surface area contributed by atoms with E-state index < -0.39 is 23.8 Å². The first-order chi connectivity index (χ1) is 18.2. The van der Waals surface area contributed by atoms with E-state index >= 15 is 0 Å². The lowest BCUT2D eigenvalue weighted by atomic mass is 9.93. The van der Waals surface area contributed by atoms with Crippen LogP contribution in [0.3, 0.4) is 0 Å². The Morgan fingerprint density at radius 2 is 1.72 bits per heavy atom. The van der Waals surface area contributed by atoms with Crippen molar-refractivity contribution < 1.29 is 19.1 Å². The lowest BCUT2D eigenvalue weighted by Gasteiger charge is -2.39. The second-order valence-corrected chi connectivity index (χ2v) is 12.9. The predicted molar refractivity (Wildman–Crippen MR) is 163 cm³/mol. The zero-order valence-corrected chi connectivity index (χ0v) is 26.8. The van der Waals surface area contributed by atoms with Gasteiger partial charge in [-0.2, -0.15) is 11.8 Å². The minimum atomic E-state index is -0.815. The monoisotopic (exact) mass is 563 g/mol. The van der Waals surface area contributed by atoms with Crippen molar-refractivity contribution in [2.24, 2.45) is 5.92 Å². The highest BCUT2D eigenvalue weighted by Gasteiger charge is 2.39. The van der Waals surface area contributed by atoms with Gasteiger partial charge < -0.3 is 20.3 Å². The van der Waals surface area contributed by atoms with Crippen molar-refractivity contribution in [3.8, 4) is 0 Å². The molecule has 0 spiro atoms. The molecule has 0 aliphatic rings. The molecular formula is C31H53N3O4S. The molecule has 0 saturated heterocycles. The van der Waals surface area contributed by atoms with Gasteiger partial charge in [-0.3, -0.25) is 9.59 Å². The molecule has 7 nitrogen and oxygen atoms in total. The minimum Gasteiger partial charge on any atom is -0.444 e. The molecule has 0 aromatic heterocycles. The van der Waals surface area contributed by atoms with Gasteiger partial charge in [0.1, 0.15) is 17.7 Å². The van der Waals surface area contributed by atoms with E-state index in [1.807, 2.05) is 45.2 Å². The summed E-state index contributed by atoms with van der Waals surface area (Å²) in [5, 5.41) is 5.92. The van der Waals surface area contributed by atoms with E-state index in [0.29, 0.717) is 24.6 Å². The number of thioether (sulfide) groups is 1. The first-order valence-electron chi connectivity index (χ1n) is 14.4. The van der Waals surface area contributed by atoms with Gasteiger partial charge in [0, 0.05) is 12.6 Å². The topological polar surface area (TPSA) is 87.7 Å². The quantitative estimate of drug-likeness (QED) is 0.236. The SMILES string of the molecule is CCCCNC(=O)C(c1cc(C)ccc1C)N(C(=O)C(CCSC)NC(=O)OC(C)(C)C)C(C)CCC(C)C. The Labute approximate surface area is 241 Å². The molecule has 0 aliphatic heterocycles. The van der Waals surface area contributed by atoms with Crippen LogP contribution >= 0.6 is 11.8 Å². The number of hydrogen-bond acceptors (Lipinski definition) is 5. The molecule has 0 radical (unpaired) electrons. The zero-order chi connectivity index (χ0) is 29.8. The van der Waals surface area contributed by atoms with Crippen molar-refractivity contribution in [1.82, 2.24) is 15.5 Å². The Morgan fingerprint density at radius 3 is 2.28 bits per heavy atom. The second-order valence-electron chi connectivity index (χ2n) is 12.0. The molecule has 2 N–H and O–H groups in total. The number of carbonyl (C=O) groups is 3. The molecule has 222 valence electrons. The van der Waals surface area contributed by atoms with Crippen molar-refractivity contribution in [2.75, 3.05) is 18.6 Å². The van der Waals surface area contributed by atoms with Crippen LogP contribution in [-0.4, -0.2) is 59.0 Å². The van der Waals surface area contributed by atoms with Crippen molar-refractivity contribution in [3.63, 3.8) is 0 Å². The van der Waals surface area contributed by atoms with Gasteiger partial charge in [0.05, 0.1) is 0 Å². The van der Waals surface area contributed by atoms with Crippen LogP contribution < -0.4 is 10.6 Å². The van der Waals surface area contributed by atoms with E-state index in [2.05, 4.69) is 31.4 Å². The third-order valence-corrected chi connectivity index (χ3v) is 7.22. The summed E-state index contributed by atoms with van der Waals surface area (Å²) < 4.78 is 5.50. The van der Waals surface area contributed by atoms with Gasteiger partial charge in [0.2, 0.25) is 11.8 Å². The third kappa shape index (κ3) is 12.2. The number of rotatable bonds is 15. The van der Waals surface area contributed by atoms with E-state index in [1.54, 1.807) is 37.4 Å². The van der Waals surface area contributed by atoms with E-state index in [1.165, 1.54) is 0 Å². The van der Waals surface area contributed by atoms with E-state index in [9.17, 15) is 14.4 Å². The Morgan fingerprint density at radius 1 is 1.05 bits per heavy atom. The fourth-order valence-corrected chi connectivity index (χ4v) is 4.86. The number of amides is 3. The molecule has 1 aromatic carbocycles. The number of nitrogens with one attached hydrogen (secondary N) is 2. The Balaban J connectivity index is 3.64. The summed E-state index contributed by atoms with van der Waals surface area (Å²) >= 11 is 1.61. The molecule has 3 unspecified atom stereocenters. The maximum Gasteiger partial charge on any atom is 0.408 e. The van der Waals surface area contributed by atoms with Crippen LogP contribution in [0.1, 0.15) is 103 Å². The molecule has 3 amide bonds. The highest BCUT2D eigenvalue weighted by molar-refractivity contribution is 7.98. The van der Waals surface area contributed by atoms with Crippen molar-refractivity contribution in [2.45, 2.75) is 118 Å². The van der Waals surface area contributed by atoms with E-state index in [4.69, 9.17) is 4.74 Å². The Kier molecular flexibility index (Phi) is 15.0. The number of carbonyl (C=O) groups excluding carboxylic acids is 3. The van der Waals surface area contributed by atoms with Crippen LogP contribution in [-0.2, 0) is 14.3 Å². The smallest absolute Gasteiger partial charge is 0.408 e. The molecule has 39 heavy (non-hydrogen) atoms. The second kappa shape index (κ2) is 16.8. The fourth-order valence-electron chi connectivity index (χ4n) is 4.39. The van der Waals surface area contributed by atoms with Gasteiger partial charge in [0.15, 0.2) is 0 Å². The van der Waals surface area contributed by atoms with Crippen LogP contribution in [0.15, 0.2) is 18.2 Å². The largest absolute Gasteiger partial charge is 0.444 e. The maximum absolute atomic E-state index is 14.4. The first kappa shape index (κ1) is 34.8. The average Bonchev–Trinajstić information content (AvgIpc) is 2.83. The number of alkyl carbamates (subject to hydrolysis) is 1. The summed E-state index contributed by atoms with van der Waals surface area (Å²) in [7, 11) is 0. The molecule has 0 saturated carbocycles. The first-order valence-corrected chi connectivity index (χ1v) is 15.8. The normalized spacial score (nSPS) is 13.9. The van der Waals surface area contributed by atoms with Gasteiger partial charge in [-0.15, -0.1) is 0 Å². The highest BCUT2D eigenvalue weighted by atomic mass is 32.2. The Hall–Kier alpha value is -2.22. The summed E-state index contributed by atoms with van der Waals surface area (Å²) in [6.45, 7) is 18.3. The number of aryl methyl sites for hydroxylation is 2. The molecule has 0 bridgehead atoms. The average molecular weight is 564 g/mol. The molecule has 1 aromatic rings. The van der Waals surface area contributed by atoms with Gasteiger partial charge >= 0.3 is 6.09 Å². The predicted octanol–water partition coefficient (Wildman–Crippen LogP) is 6.56. The lowest BCUT2D eigenvalue weighted by molar-refractivity contribution is -0.145. The molecular weight excluding hydrogens is 510 g/mol. The Bertz CT molecular complexity index is 929. The molecule has 0 fully saturated rings. The number of benzene rings is 1. The number of nitrogens with zero attached hydrogens (tertiary/aromatic N) is 1. The number of hydrogen-bond donors (Lipinski definition) is 2. The summed E-state index contributed by atoms with van der Waals surface area (Å²) in [6, 6.07) is 4.18. The minimum absolute atomic E-state index is 0.192. The van der Waals surface area contributed by atoms with Gasteiger partial charge in [-0.1, -0.05) is 51.0 Å². The van der Waals surface area contributed by atoms with Crippen LogP contribution in [0.2, 0.25) is 0 Å². The fraction of sp³-hybridized carbons (Fsp3) is 0.710. The third-order valence-electron chi connectivity index (χ3n) is 6.58.